The molecule has 0 saturated carbocycles. The quantitative estimate of drug-likeness (QED) is 0.774. The maximum atomic E-state index is 12.5. The Kier molecular flexibility index (Phi) is 3.20. The van der Waals surface area contributed by atoms with Gasteiger partial charge in [-0.25, -0.2) is 13.8 Å². The second-order valence-electron chi connectivity index (χ2n) is 2.53. The largest absolute Gasteiger partial charge is 0.383 e. The van der Waals surface area contributed by atoms with E-state index in [2.05, 4.69) is 4.98 Å². The molecule has 1 heterocycles. The lowest BCUT2D eigenvalue weighted by Gasteiger charge is -2.08. The molecule has 0 fully saturated rings. The molecule has 0 aliphatic heterocycles. The third-order valence-corrected chi connectivity index (χ3v) is 1.84. The van der Waals surface area contributed by atoms with Crippen LogP contribution in [0.4, 0.5) is 14.6 Å². The lowest BCUT2D eigenvalue weighted by molar-refractivity contribution is 0.150. The average Bonchev–Trinajstić information content (AvgIpc) is 2.09. The molecule has 0 radical (unpaired) electrons. The zero-order chi connectivity index (χ0) is 10.7. The first-order chi connectivity index (χ1) is 6.56. The van der Waals surface area contributed by atoms with Crippen molar-refractivity contribution in [1.29, 1.82) is 5.26 Å². The first-order valence-corrected chi connectivity index (χ1v) is 4.04. The van der Waals surface area contributed by atoms with Gasteiger partial charge in [-0.05, 0) is 6.07 Å². The standard InChI is InChI=1S/C8H6ClF2N3/c9-6-3-5(7(10)11)4(1-2-12)8(13)14-6/h3,7H,1H2,(H2,13,14). The molecule has 0 unspecified atom stereocenters. The number of alkyl halides is 2. The Morgan fingerprint density at radius 2 is 2.29 bits per heavy atom. The van der Waals surface area contributed by atoms with Gasteiger partial charge in [-0.15, -0.1) is 0 Å². The fraction of sp³-hybridized carbons (Fsp3) is 0.250. The van der Waals surface area contributed by atoms with E-state index in [0.717, 1.165) is 6.07 Å². The van der Waals surface area contributed by atoms with Gasteiger partial charge in [-0.2, -0.15) is 5.26 Å². The average molecular weight is 218 g/mol. The van der Waals surface area contributed by atoms with Gasteiger partial charge in [0.15, 0.2) is 0 Å². The Morgan fingerprint density at radius 3 is 2.79 bits per heavy atom. The van der Waals surface area contributed by atoms with E-state index in [1.807, 2.05) is 0 Å². The number of aromatic nitrogens is 1. The van der Waals surface area contributed by atoms with Gasteiger partial charge in [0.25, 0.3) is 6.43 Å². The van der Waals surface area contributed by atoms with E-state index in [1.54, 1.807) is 6.07 Å². The zero-order valence-electron chi connectivity index (χ0n) is 6.97. The summed E-state index contributed by atoms with van der Waals surface area (Å²) in [4.78, 5) is 3.59. The molecule has 0 atom stereocenters. The Bertz CT molecular complexity index is 387. The summed E-state index contributed by atoms with van der Waals surface area (Å²) in [5.74, 6) is -0.116. The van der Waals surface area contributed by atoms with Crippen LogP contribution in [0.2, 0.25) is 5.15 Å². The topological polar surface area (TPSA) is 62.7 Å². The molecular formula is C8H6ClF2N3. The van der Waals surface area contributed by atoms with Crippen molar-refractivity contribution in [3.05, 3.63) is 22.3 Å². The van der Waals surface area contributed by atoms with Crippen LogP contribution >= 0.6 is 11.6 Å². The van der Waals surface area contributed by atoms with Gasteiger partial charge in [0.2, 0.25) is 0 Å². The van der Waals surface area contributed by atoms with Crippen molar-refractivity contribution in [3.63, 3.8) is 0 Å². The lowest BCUT2D eigenvalue weighted by atomic mass is 10.1. The van der Waals surface area contributed by atoms with Gasteiger partial charge >= 0.3 is 0 Å². The summed E-state index contributed by atoms with van der Waals surface area (Å²) in [5.41, 5.74) is 5.08. The molecule has 0 bridgehead atoms. The predicted molar refractivity (Wildman–Crippen MR) is 47.9 cm³/mol. The molecule has 74 valence electrons. The predicted octanol–water partition coefficient (Wildman–Crippen LogP) is 2.32. The SMILES string of the molecule is N#CCc1c(C(F)F)cc(Cl)nc1N. The second-order valence-corrected chi connectivity index (χ2v) is 2.92. The summed E-state index contributed by atoms with van der Waals surface area (Å²) in [5, 5.41) is 8.31. The molecule has 2 N–H and O–H groups in total. The highest BCUT2D eigenvalue weighted by atomic mass is 35.5. The maximum absolute atomic E-state index is 12.5. The number of nitrogens with zero attached hydrogens (tertiary/aromatic N) is 2. The summed E-state index contributed by atoms with van der Waals surface area (Å²) < 4.78 is 24.9. The van der Waals surface area contributed by atoms with Crippen molar-refractivity contribution < 1.29 is 8.78 Å². The molecule has 1 aromatic rings. The number of hydrogen-bond donors (Lipinski definition) is 1. The molecule has 0 spiro atoms. The van der Waals surface area contributed by atoms with Gasteiger partial charge in [0.05, 0.1) is 12.5 Å². The van der Waals surface area contributed by atoms with Crippen molar-refractivity contribution in [3.8, 4) is 6.07 Å². The Balaban J connectivity index is 3.30. The molecule has 3 nitrogen and oxygen atoms in total. The second kappa shape index (κ2) is 4.20. The van der Waals surface area contributed by atoms with Crippen LogP contribution in [0.1, 0.15) is 17.6 Å². The van der Waals surface area contributed by atoms with Gasteiger partial charge in [0.1, 0.15) is 11.0 Å². The number of nitrogens with two attached hydrogens (primary N) is 1. The third-order valence-electron chi connectivity index (χ3n) is 1.65. The molecule has 0 aromatic carbocycles. The van der Waals surface area contributed by atoms with Crippen molar-refractivity contribution in [2.24, 2.45) is 0 Å². The van der Waals surface area contributed by atoms with Crippen LogP contribution in [-0.4, -0.2) is 4.98 Å². The summed E-state index contributed by atoms with van der Waals surface area (Å²) >= 11 is 5.46. The van der Waals surface area contributed by atoms with Crippen LogP contribution in [0, 0.1) is 11.3 Å². The van der Waals surface area contributed by atoms with Crippen LogP contribution in [-0.2, 0) is 6.42 Å². The Morgan fingerprint density at radius 1 is 1.64 bits per heavy atom. The fourth-order valence-electron chi connectivity index (χ4n) is 1.04. The van der Waals surface area contributed by atoms with Gasteiger partial charge in [-0.1, -0.05) is 11.6 Å². The van der Waals surface area contributed by atoms with Crippen molar-refractivity contribution >= 4 is 17.4 Å². The minimum absolute atomic E-state index is 0.0481. The third kappa shape index (κ3) is 2.09. The van der Waals surface area contributed by atoms with E-state index in [-0.39, 0.29) is 28.5 Å². The number of nitrogen functional groups attached to an aromatic ring is 1. The van der Waals surface area contributed by atoms with Gasteiger partial charge in [-0.3, -0.25) is 0 Å². The smallest absolute Gasteiger partial charge is 0.264 e. The molecule has 1 rings (SSSR count). The highest BCUT2D eigenvalue weighted by molar-refractivity contribution is 6.29. The van der Waals surface area contributed by atoms with E-state index >= 15 is 0 Å². The summed E-state index contributed by atoms with van der Waals surface area (Å²) in [6.45, 7) is 0. The van der Waals surface area contributed by atoms with Crippen LogP contribution in [0.3, 0.4) is 0 Å². The lowest BCUT2D eigenvalue weighted by Crippen LogP contribution is -2.03. The van der Waals surface area contributed by atoms with E-state index < -0.39 is 6.43 Å². The number of halogens is 3. The fourth-order valence-corrected chi connectivity index (χ4v) is 1.25. The molecule has 0 aliphatic rings. The molecule has 0 aliphatic carbocycles. The summed E-state index contributed by atoms with van der Waals surface area (Å²) in [7, 11) is 0. The molecule has 0 saturated heterocycles. The Hall–Kier alpha value is -1.41. The van der Waals surface area contributed by atoms with E-state index in [0.29, 0.717) is 0 Å². The zero-order valence-corrected chi connectivity index (χ0v) is 7.72. The maximum Gasteiger partial charge on any atom is 0.264 e. The van der Waals surface area contributed by atoms with Crippen LogP contribution in [0.5, 0.6) is 0 Å². The minimum Gasteiger partial charge on any atom is -0.383 e. The van der Waals surface area contributed by atoms with Crippen molar-refractivity contribution in [1.82, 2.24) is 4.98 Å². The molecular weight excluding hydrogens is 212 g/mol. The molecule has 14 heavy (non-hydrogen) atoms. The molecule has 0 amide bonds. The van der Waals surface area contributed by atoms with Crippen molar-refractivity contribution in [2.75, 3.05) is 5.73 Å². The highest BCUT2D eigenvalue weighted by Crippen LogP contribution is 2.28. The highest BCUT2D eigenvalue weighted by Gasteiger charge is 2.17. The summed E-state index contributed by atoms with van der Waals surface area (Å²) in [6, 6.07) is 2.77. The van der Waals surface area contributed by atoms with E-state index in [9.17, 15) is 8.78 Å². The number of anilines is 1. The van der Waals surface area contributed by atoms with Gasteiger partial charge < -0.3 is 5.73 Å². The number of hydrogen-bond acceptors (Lipinski definition) is 3. The number of nitriles is 1. The Labute approximate surface area is 84.1 Å². The molecule has 6 heteroatoms. The normalized spacial score (nSPS) is 10.2. The monoisotopic (exact) mass is 217 g/mol. The number of rotatable bonds is 2. The minimum atomic E-state index is -2.71. The number of pyridine rings is 1. The molecule has 1 aromatic heterocycles. The van der Waals surface area contributed by atoms with Crippen molar-refractivity contribution in [2.45, 2.75) is 12.8 Å². The van der Waals surface area contributed by atoms with Crippen LogP contribution < -0.4 is 5.73 Å². The van der Waals surface area contributed by atoms with Gasteiger partial charge in [0, 0.05) is 11.1 Å². The van der Waals surface area contributed by atoms with Crippen LogP contribution in [0.15, 0.2) is 6.07 Å². The first-order valence-electron chi connectivity index (χ1n) is 3.66. The van der Waals surface area contributed by atoms with E-state index in [1.165, 1.54) is 0 Å². The van der Waals surface area contributed by atoms with Crippen LogP contribution in [0.25, 0.3) is 0 Å². The van der Waals surface area contributed by atoms with E-state index in [4.69, 9.17) is 22.6 Å². The summed E-state index contributed by atoms with van der Waals surface area (Å²) in [6.07, 6.45) is -2.91. The first kappa shape index (κ1) is 10.7.